The maximum absolute atomic E-state index is 12.2. The summed E-state index contributed by atoms with van der Waals surface area (Å²) in [5.41, 5.74) is 0.524. The van der Waals surface area contributed by atoms with Crippen molar-refractivity contribution in [1.82, 2.24) is 9.88 Å². The number of pyridine rings is 1. The molecule has 0 unspecified atom stereocenters. The predicted molar refractivity (Wildman–Crippen MR) is 79.9 cm³/mol. The summed E-state index contributed by atoms with van der Waals surface area (Å²) < 4.78 is 11.9. The van der Waals surface area contributed by atoms with Crippen LogP contribution in [0.3, 0.4) is 0 Å². The average molecular weight is 310 g/mol. The van der Waals surface area contributed by atoms with Gasteiger partial charge in [-0.25, -0.2) is 0 Å². The number of aryl methyl sites for hydroxylation is 1. The Bertz CT molecular complexity index is 598. The smallest absolute Gasteiger partial charge is 0.263 e. The van der Waals surface area contributed by atoms with Crippen molar-refractivity contribution in [2.24, 2.45) is 13.0 Å². The number of hydrogen-bond acceptors (Lipinski definition) is 5. The number of nitrogens with one attached hydrogen (secondary N) is 1. The molecule has 22 heavy (non-hydrogen) atoms. The summed E-state index contributed by atoms with van der Waals surface area (Å²) in [7, 11) is 3.13. The van der Waals surface area contributed by atoms with Crippen molar-refractivity contribution in [2.75, 3.05) is 26.9 Å². The van der Waals surface area contributed by atoms with Gasteiger partial charge in [-0.2, -0.15) is 0 Å². The number of ether oxygens (including phenoxy) is 2. The molecule has 7 heteroatoms. The Hall–Kier alpha value is -1.70. The first-order valence-electron chi connectivity index (χ1n) is 7.19. The molecular formula is C15H22N2O5. The van der Waals surface area contributed by atoms with Crippen molar-refractivity contribution >= 4 is 5.91 Å². The lowest BCUT2D eigenvalue weighted by atomic mass is 9.96. The Morgan fingerprint density at radius 2 is 2.23 bits per heavy atom. The van der Waals surface area contributed by atoms with Crippen LogP contribution in [0.15, 0.2) is 16.9 Å². The third-order valence-electron chi connectivity index (χ3n) is 4.11. The number of hydrogen-bond donors (Lipinski definition) is 2. The van der Waals surface area contributed by atoms with E-state index in [-0.39, 0.29) is 23.6 Å². The first kappa shape index (κ1) is 16.7. The zero-order valence-electron chi connectivity index (χ0n) is 13.0. The van der Waals surface area contributed by atoms with E-state index >= 15 is 0 Å². The Morgan fingerprint density at radius 3 is 2.91 bits per heavy atom. The van der Waals surface area contributed by atoms with Gasteiger partial charge in [-0.1, -0.05) is 0 Å². The molecule has 1 fully saturated rings. The van der Waals surface area contributed by atoms with E-state index in [1.165, 1.54) is 17.7 Å². The largest absolute Gasteiger partial charge is 0.390 e. The normalized spacial score (nSPS) is 25.0. The molecule has 2 heterocycles. The fourth-order valence-electron chi connectivity index (χ4n) is 2.44. The highest BCUT2D eigenvalue weighted by Crippen LogP contribution is 2.16. The standard InChI is InChI=1S/C15H22N2O5/c1-9-4-5-11(15(20)17(9)2)14(19)16-6-10-7-22-8-12(21-3)13(10)18/h4-5,10,12-13,18H,6-8H2,1-3H3,(H,16,19)/t10-,12-,13+/m1/s1. The molecule has 1 aliphatic heterocycles. The first-order chi connectivity index (χ1) is 10.5. The molecule has 1 aliphatic rings. The van der Waals surface area contributed by atoms with Gasteiger partial charge in [-0.3, -0.25) is 9.59 Å². The van der Waals surface area contributed by atoms with Crippen LogP contribution in [0.1, 0.15) is 16.1 Å². The highest BCUT2D eigenvalue weighted by Gasteiger charge is 2.33. The van der Waals surface area contributed by atoms with Crippen LogP contribution in [-0.4, -0.2) is 54.7 Å². The Morgan fingerprint density at radius 1 is 1.50 bits per heavy atom. The minimum atomic E-state index is -0.708. The predicted octanol–water partition coefficient (Wildman–Crippen LogP) is -0.554. The van der Waals surface area contributed by atoms with Crippen LogP contribution in [0.4, 0.5) is 0 Å². The van der Waals surface area contributed by atoms with Crippen LogP contribution in [-0.2, 0) is 16.5 Å². The van der Waals surface area contributed by atoms with Crippen LogP contribution in [0.25, 0.3) is 0 Å². The summed E-state index contributed by atoms with van der Waals surface area (Å²) in [4.78, 5) is 24.2. The minimum absolute atomic E-state index is 0.0857. The number of carbonyl (C=O) groups is 1. The second-order valence-electron chi connectivity index (χ2n) is 5.52. The molecule has 1 aromatic heterocycles. The van der Waals surface area contributed by atoms with Crippen molar-refractivity contribution in [3.05, 3.63) is 33.7 Å². The van der Waals surface area contributed by atoms with Gasteiger partial charge in [0, 0.05) is 32.3 Å². The number of nitrogens with zero attached hydrogens (tertiary/aromatic N) is 1. The van der Waals surface area contributed by atoms with E-state index in [1.807, 2.05) is 0 Å². The monoisotopic (exact) mass is 310 g/mol. The van der Waals surface area contributed by atoms with Gasteiger partial charge in [0.05, 0.1) is 19.3 Å². The zero-order chi connectivity index (χ0) is 16.3. The number of amides is 1. The van der Waals surface area contributed by atoms with E-state index in [0.717, 1.165) is 5.69 Å². The summed E-state index contributed by atoms with van der Waals surface area (Å²) >= 11 is 0. The van der Waals surface area contributed by atoms with Crippen molar-refractivity contribution in [2.45, 2.75) is 19.1 Å². The number of aliphatic hydroxyl groups is 1. The number of aromatic nitrogens is 1. The molecule has 1 aromatic rings. The molecule has 122 valence electrons. The van der Waals surface area contributed by atoms with E-state index < -0.39 is 18.1 Å². The molecule has 2 N–H and O–H groups in total. The topological polar surface area (TPSA) is 89.8 Å². The van der Waals surface area contributed by atoms with Gasteiger partial charge in [-0.05, 0) is 19.1 Å². The van der Waals surface area contributed by atoms with E-state index in [0.29, 0.717) is 13.2 Å². The minimum Gasteiger partial charge on any atom is -0.390 e. The van der Waals surface area contributed by atoms with E-state index in [1.54, 1.807) is 20.0 Å². The molecule has 0 radical (unpaired) electrons. The van der Waals surface area contributed by atoms with Gasteiger partial charge in [0.25, 0.3) is 11.5 Å². The van der Waals surface area contributed by atoms with E-state index in [2.05, 4.69) is 5.32 Å². The molecule has 1 amide bonds. The molecule has 0 aromatic carbocycles. The van der Waals surface area contributed by atoms with Gasteiger partial charge in [0.15, 0.2) is 0 Å². The Balaban J connectivity index is 2.01. The summed E-state index contributed by atoms with van der Waals surface area (Å²) in [5.74, 6) is -0.718. The molecule has 0 bridgehead atoms. The van der Waals surface area contributed by atoms with Gasteiger partial charge >= 0.3 is 0 Å². The van der Waals surface area contributed by atoms with Crippen molar-refractivity contribution in [3.63, 3.8) is 0 Å². The second kappa shape index (κ2) is 7.04. The quantitative estimate of drug-likeness (QED) is 0.778. The Labute approximate surface area is 128 Å². The van der Waals surface area contributed by atoms with Crippen LogP contribution >= 0.6 is 0 Å². The SMILES string of the molecule is CO[C@@H]1COC[C@@H](CNC(=O)c2ccc(C)n(C)c2=O)[C@@H]1O. The van der Waals surface area contributed by atoms with Gasteiger partial charge in [0.1, 0.15) is 11.7 Å². The number of rotatable bonds is 4. The van der Waals surface area contributed by atoms with Crippen LogP contribution in [0.5, 0.6) is 0 Å². The van der Waals surface area contributed by atoms with Gasteiger partial charge in [-0.15, -0.1) is 0 Å². The molecule has 0 spiro atoms. The number of aliphatic hydroxyl groups excluding tert-OH is 1. The lowest BCUT2D eigenvalue weighted by Crippen LogP contribution is -2.49. The Kier molecular flexibility index (Phi) is 5.33. The third kappa shape index (κ3) is 3.37. The summed E-state index contributed by atoms with van der Waals surface area (Å²) in [6.07, 6.45) is -1.11. The van der Waals surface area contributed by atoms with E-state index in [9.17, 15) is 14.7 Å². The third-order valence-corrected chi connectivity index (χ3v) is 4.11. The lowest BCUT2D eigenvalue weighted by molar-refractivity contribution is -0.132. The molecule has 1 saturated heterocycles. The second-order valence-corrected chi connectivity index (χ2v) is 5.52. The lowest BCUT2D eigenvalue weighted by Gasteiger charge is -2.33. The molecule has 3 atom stereocenters. The van der Waals surface area contributed by atoms with Crippen LogP contribution < -0.4 is 10.9 Å². The average Bonchev–Trinajstić information content (AvgIpc) is 2.51. The number of carbonyl (C=O) groups excluding carboxylic acids is 1. The summed E-state index contributed by atoms with van der Waals surface area (Å²) in [6, 6.07) is 3.23. The van der Waals surface area contributed by atoms with Crippen molar-refractivity contribution in [3.8, 4) is 0 Å². The van der Waals surface area contributed by atoms with Crippen molar-refractivity contribution in [1.29, 1.82) is 0 Å². The van der Waals surface area contributed by atoms with Crippen LogP contribution in [0.2, 0.25) is 0 Å². The maximum Gasteiger partial charge on any atom is 0.263 e. The number of methoxy groups -OCH3 is 1. The fraction of sp³-hybridized carbons (Fsp3) is 0.600. The molecule has 7 nitrogen and oxygen atoms in total. The van der Waals surface area contributed by atoms with Crippen LogP contribution in [0, 0.1) is 12.8 Å². The van der Waals surface area contributed by atoms with Gasteiger partial charge < -0.3 is 24.5 Å². The summed E-state index contributed by atoms with van der Waals surface area (Å²) in [5, 5.41) is 12.8. The highest BCUT2D eigenvalue weighted by molar-refractivity contribution is 5.93. The molecular weight excluding hydrogens is 288 g/mol. The molecule has 0 aliphatic carbocycles. The zero-order valence-corrected chi connectivity index (χ0v) is 13.0. The first-order valence-corrected chi connectivity index (χ1v) is 7.19. The molecule has 2 rings (SSSR count). The van der Waals surface area contributed by atoms with Gasteiger partial charge in [0.2, 0.25) is 0 Å². The highest BCUT2D eigenvalue weighted by atomic mass is 16.5. The maximum atomic E-state index is 12.2. The van der Waals surface area contributed by atoms with Crippen molar-refractivity contribution < 1.29 is 19.4 Å². The molecule has 0 saturated carbocycles. The van der Waals surface area contributed by atoms with E-state index in [4.69, 9.17) is 9.47 Å². The summed E-state index contributed by atoms with van der Waals surface area (Å²) in [6.45, 7) is 2.69. The fourth-order valence-corrected chi connectivity index (χ4v) is 2.44.